The molecule has 1 heterocycles. The van der Waals surface area contributed by atoms with Crippen LogP contribution in [0.3, 0.4) is 0 Å². The van der Waals surface area contributed by atoms with Crippen LogP contribution >= 0.6 is 0 Å². The SMILES string of the molecule is CCCCCNc1cncc(N)n1. The lowest BCUT2D eigenvalue weighted by Crippen LogP contribution is -2.04. The highest BCUT2D eigenvalue weighted by molar-refractivity contribution is 5.37. The molecule has 1 aromatic heterocycles. The summed E-state index contributed by atoms with van der Waals surface area (Å²) in [5.41, 5.74) is 5.48. The molecular formula is C9H16N4. The van der Waals surface area contributed by atoms with Crippen LogP contribution in [0.5, 0.6) is 0 Å². The fraction of sp³-hybridized carbons (Fsp3) is 0.556. The van der Waals surface area contributed by atoms with E-state index >= 15 is 0 Å². The molecule has 0 fully saturated rings. The third-order valence-electron chi connectivity index (χ3n) is 1.74. The van der Waals surface area contributed by atoms with E-state index in [4.69, 9.17) is 5.73 Å². The predicted octanol–water partition coefficient (Wildman–Crippen LogP) is 1.66. The van der Waals surface area contributed by atoms with Crippen molar-refractivity contribution in [2.45, 2.75) is 26.2 Å². The second-order valence-electron chi connectivity index (χ2n) is 2.96. The van der Waals surface area contributed by atoms with Crippen LogP contribution in [0.15, 0.2) is 12.4 Å². The number of nitrogens with one attached hydrogen (secondary N) is 1. The molecule has 13 heavy (non-hydrogen) atoms. The van der Waals surface area contributed by atoms with Crippen molar-refractivity contribution in [1.29, 1.82) is 0 Å². The van der Waals surface area contributed by atoms with Crippen molar-refractivity contribution in [2.75, 3.05) is 17.6 Å². The van der Waals surface area contributed by atoms with Crippen molar-refractivity contribution in [3.63, 3.8) is 0 Å². The van der Waals surface area contributed by atoms with E-state index in [0.717, 1.165) is 18.8 Å². The van der Waals surface area contributed by atoms with Gasteiger partial charge in [0.25, 0.3) is 0 Å². The molecule has 1 aromatic rings. The van der Waals surface area contributed by atoms with Gasteiger partial charge in [-0.2, -0.15) is 0 Å². The zero-order chi connectivity index (χ0) is 9.52. The Balaban J connectivity index is 2.28. The van der Waals surface area contributed by atoms with Crippen molar-refractivity contribution < 1.29 is 0 Å². The van der Waals surface area contributed by atoms with E-state index in [1.807, 2.05) is 0 Å². The Kier molecular flexibility index (Phi) is 4.02. The lowest BCUT2D eigenvalue weighted by molar-refractivity contribution is 0.742. The van der Waals surface area contributed by atoms with Gasteiger partial charge in [0.15, 0.2) is 0 Å². The van der Waals surface area contributed by atoms with Crippen LogP contribution in [0, 0.1) is 0 Å². The van der Waals surface area contributed by atoms with E-state index in [1.54, 1.807) is 6.20 Å². The summed E-state index contributed by atoms with van der Waals surface area (Å²) in [5, 5.41) is 3.17. The Hall–Kier alpha value is -1.32. The average Bonchev–Trinajstić information content (AvgIpc) is 2.13. The third-order valence-corrected chi connectivity index (χ3v) is 1.74. The van der Waals surface area contributed by atoms with Crippen molar-refractivity contribution >= 4 is 11.6 Å². The van der Waals surface area contributed by atoms with Crippen LogP contribution in [0.4, 0.5) is 11.6 Å². The van der Waals surface area contributed by atoms with Gasteiger partial charge in [-0.15, -0.1) is 0 Å². The Morgan fingerprint density at radius 3 is 2.92 bits per heavy atom. The van der Waals surface area contributed by atoms with Gasteiger partial charge >= 0.3 is 0 Å². The van der Waals surface area contributed by atoms with Crippen molar-refractivity contribution in [2.24, 2.45) is 0 Å². The fourth-order valence-electron chi connectivity index (χ4n) is 1.06. The van der Waals surface area contributed by atoms with Crippen molar-refractivity contribution in [1.82, 2.24) is 9.97 Å². The standard InChI is InChI=1S/C9H16N4/c1-2-3-4-5-12-9-7-11-6-8(10)13-9/h6-7H,2-5H2,1H3,(H3,10,12,13). The summed E-state index contributed by atoms with van der Waals surface area (Å²) in [6.07, 6.45) is 6.85. The molecule has 4 nitrogen and oxygen atoms in total. The summed E-state index contributed by atoms with van der Waals surface area (Å²) < 4.78 is 0. The lowest BCUT2D eigenvalue weighted by atomic mass is 10.2. The van der Waals surface area contributed by atoms with Gasteiger partial charge in [-0.05, 0) is 6.42 Å². The summed E-state index contributed by atoms with van der Waals surface area (Å²) in [4.78, 5) is 8.01. The first-order valence-corrected chi connectivity index (χ1v) is 4.64. The largest absolute Gasteiger partial charge is 0.382 e. The van der Waals surface area contributed by atoms with E-state index in [-0.39, 0.29) is 0 Å². The first-order valence-electron chi connectivity index (χ1n) is 4.64. The van der Waals surface area contributed by atoms with Gasteiger partial charge in [-0.3, -0.25) is 4.98 Å². The molecule has 0 aliphatic rings. The summed E-state index contributed by atoms with van der Waals surface area (Å²) in [5.74, 6) is 1.22. The maximum absolute atomic E-state index is 5.48. The van der Waals surface area contributed by atoms with Crippen LogP contribution < -0.4 is 11.1 Å². The van der Waals surface area contributed by atoms with Gasteiger partial charge in [-0.25, -0.2) is 4.98 Å². The molecule has 0 atom stereocenters. The van der Waals surface area contributed by atoms with Gasteiger partial charge in [0, 0.05) is 6.54 Å². The minimum absolute atomic E-state index is 0.459. The van der Waals surface area contributed by atoms with Gasteiger partial charge < -0.3 is 11.1 Å². The Morgan fingerprint density at radius 2 is 2.23 bits per heavy atom. The molecule has 0 saturated heterocycles. The van der Waals surface area contributed by atoms with Crippen LogP contribution in [-0.4, -0.2) is 16.5 Å². The first-order chi connectivity index (χ1) is 6.33. The second kappa shape index (κ2) is 5.35. The molecule has 3 N–H and O–H groups in total. The normalized spacial score (nSPS) is 9.92. The molecule has 0 aromatic carbocycles. The summed E-state index contributed by atoms with van der Waals surface area (Å²) in [7, 11) is 0. The molecular weight excluding hydrogens is 164 g/mol. The van der Waals surface area contributed by atoms with Gasteiger partial charge in [0.2, 0.25) is 0 Å². The second-order valence-corrected chi connectivity index (χ2v) is 2.96. The molecule has 0 radical (unpaired) electrons. The molecule has 4 heteroatoms. The Labute approximate surface area is 78.6 Å². The number of rotatable bonds is 5. The molecule has 72 valence electrons. The van der Waals surface area contributed by atoms with Crippen molar-refractivity contribution in [3.8, 4) is 0 Å². The highest BCUT2D eigenvalue weighted by Crippen LogP contribution is 2.03. The molecule has 0 bridgehead atoms. The maximum Gasteiger partial charge on any atom is 0.146 e. The molecule has 0 aliphatic heterocycles. The van der Waals surface area contributed by atoms with E-state index < -0.39 is 0 Å². The predicted molar refractivity (Wildman–Crippen MR) is 54.5 cm³/mol. The van der Waals surface area contributed by atoms with Crippen LogP contribution in [0.1, 0.15) is 26.2 Å². The van der Waals surface area contributed by atoms with E-state index in [2.05, 4.69) is 22.2 Å². The molecule has 0 unspecified atom stereocenters. The summed E-state index contributed by atoms with van der Waals surface area (Å²) >= 11 is 0. The average molecular weight is 180 g/mol. The van der Waals surface area contributed by atoms with E-state index in [9.17, 15) is 0 Å². The topological polar surface area (TPSA) is 63.8 Å². The highest BCUT2D eigenvalue weighted by Gasteiger charge is 1.93. The lowest BCUT2D eigenvalue weighted by Gasteiger charge is -2.04. The number of hydrogen-bond donors (Lipinski definition) is 2. The molecule has 1 rings (SSSR count). The number of aromatic nitrogens is 2. The van der Waals surface area contributed by atoms with Gasteiger partial charge in [-0.1, -0.05) is 19.8 Å². The number of hydrogen-bond acceptors (Lipinski definition) is 4. The zero-order valence-corrected chi connectivity index (χ0v) is 7.95. The summed E-state index contributed by atoms with van der Waals surface area (Å²) in [6.45, 7) is 3.12. The number of unbranched alkanes of at least 4 members (excludes halogenated alkanes) is 2. The highest BCUT2D eigenvalue weighted by atomic mass is 15.0. The first kappa shape index (κ1) is 9.77. The number of nitrogen functional groups attached to an aromatic ring is 1. The van der Waals surface area contributed by atoms with Crippen LogP contribution in [-0.2, 0) is 0 Å². The van der Waals surface area contributed by atoms with E-state index in [0.29, 0.717) is 5.82 Å². The smallest absolute Gasteiger partial charge is 0.146 e. The van der Waals surface area contributed by atoms with Crippen LogP contribution in [0.25, 0.3) is 0 Å². The molecule has 0 saturated carbocycles. The molecule has 0 spiro atoms. The van der Waals surface area contributed by atoms with Crippen molar-refractivity contribution in [3.05, 3.63) is 12.4 Å². The molecule has 0 amide bonds. The zero-order valence-electron chi connectivity index (χ0n) is 7.95. The number of nitrogens with zero attached hydrogens (tertiary/aromatic N) is 2. The Morgan fingerprint density at radius 1 is 1.38 bits per heavy atom. The van der Waals surface area contributed by atoms with Crippen LogP contribution in [0.2, 0.25) is 0 Å². The maximum atomic E-state index is 5.48. The molecule has 0 aliphatic carbocycles. The minimum atomic E-state index is 0.459. The van der Waals surface area contributed by atoms with Gasteiger partial charge in [0.05, 0.1) is 12.4 Å². The van der Waals surface area contributed by atoms with E-state index in [1.165, 1.54) is 19.0 Å². The van der Waals surface area contributed by atoms with Gasteiger partial charge in [0.1, 0.15) is 11.6 Å². The minimum Gasteiger partial charge on any atom is -0.382 e. The fourth-order valence-corrected chi connectivity index (χ4v) is 1.06. The Bertz CT molecular complexity index is 249. The number of anilines is 2. The third kappa shape index (κ3) is 3.73. The number of nitrogens with two attached hydrogens (primary N) is 1. The quantitative estimate of drug-likeness (QED) is 0.676. The summed E-state index contributed by atoms with van der Waals surface area (Å²) in [6, 6.07) is 0. The monoisotopic (exact) mass is 180 g/mol.